The van der Waals surface area contributed by atoms with E-state index in [1.54, 1.807) is 0 Å². The van der Waals surface area contributed by atoms with Crippen LogP contribution in [0.4, 0.5) is 26.3 Å². The van der Waals surface area contributed by atoms with Crippen LogP contribution in [0.1, 0.15) is 17.5 Å². The van der Waals surface area contributed by atoms with Gasteiger partial charge < -0.3 is 5.32 Å². The standard InChI is InChI=1S/C14H17F6N3/c15-13(16,17)9-23(22-11-5-6-21-7-11)8-10-3-1-2-4-12(10)14(18,19)20/h1-4,11,21-22H,5-9H2/t11-/m0/s1. The molecule has 0 aromatic heterocycles. The zero-order valence-electron chi connectivity index (χ0n) is 12.1. The molecule has 0 aliphatic carbocycles. The van der Waals surface area contributed by atoms with Crippen LogP contribution in [-0.2, 0) is 12.7 Å². The van der Waals surface area contributed by atoms with Gasteiger partial charge >= 0.3 is 12.4 Å². The molecule has 0 spiro atoms. The first-order valence-electron chi connectivity index (χ1n) is 7.09. The normalized spacial score (nSPS) is 19.5. The summed E-state index contributed by atoms with van der Waals surface area (Å²) in [5, 5.41) is 3.80. The Kier molecular flexibility index (Phi) is 5.53. The molecule has 9 heteroatoms. The maximum atomic E-state index is 13.0. The minimum Gasteiger partial charge on any atom is -0.315 e. The van der Waals surface area contributed by atoms with E-state index in [1.807, 2.05) is 0 Å². The number of alkyl halides is 6. The summed E-state index contributed by atoms with van der Waals surface area (Å²) in [4.78, 5) is 0. The number of rotatable bonds is 5. The Balaban J connectivity index is 2.16. The van der Waals surface area contributed by atoms with Crippen LogP contribution >= 0.6 is 0 Å². The van der Waals surface area contributed by atoms with Crippen LogP contribution in [0.3, 0.4) is 0 Å². The van der Waals surface area contributed by atoms with Gasteiger partial charge in [-0.1, -0.05) is 18.2 Å². The van der Waals surface area contributed by atoms with Crippen molar-refractivity contribution in [2.45, 2.75) is 31.4 Å². The second kappa shape index (κ2) is 7.06. The first kappa shape index (κ1) is 18.0. The van der Waals surface area contributed by atoms with E-state index >= 15 is 0 Å². The summed E-state index contributed by atoms with van der Waals surface area (Å²) in [6, 6.07) is 4.44. The fraction of sp³-hybridized carbons (Fsp3) is 0.571. The minimum atomic E-state index is -4.60. The maximum absolute atomic E-state index is 13.0. The van der Waals surface area contributed by atoms with Gasteiger partial charge in [-0.3, -0.25) is 5.43 Å². The van der Waals surface area contributed by atoms with Gasteiger partial charge in [-0.25, -0.2) is 5.01 Å². The molecule has 2 rings (SSSR count). The lowest BCUT2D eigenvalue weighted by atomic mass is 10.1. The molecular weight excluding hydrogens is 324 g/mol. The van der Waals surface area contributed by atoms with Crippen LogP contribution < -0.4 is 10.7 Å². The van der Waals surface area contributed by atoms with Crippen molar-refractivity contribution in [1.82, 2.24) is 15.8 Å². The van der Waals surface area contributed by atoms with Crippen molar-refractivity contribution in [1.29, 1.82) is 0 Å². The van der Waals surface area contributed by atoms with E-state index in [0.29, 0.717) is 19.5 Å². The maximum Gasteiger partial charge on any atom is 0.416 e. The lowest BCUT2D eigenvalue weighted by Crippen LogP contribution is -2.49. The van der Waals surface area contributed by atoms with Crippen molar-refractivity contribution < 1.29 is 26.3 Å². The zero-order valence-corrected chi connectivity index (χ0v) is 12.1. The number of hydrazine groups is 1. The van der Waals surface area contributed by atoms with E-state index in [4.69, 9.17) is 0 Å². The molecule has 1 aromatic carbocycles. The molecule has 1 saturated heterocycles. The molecular formula is C14H17F6N3. The molecule has 1 aliphatic heterocycles. The molecule has 0 radical (unpaired) electrons. The lowest BCUT2D eigenvalue weighted by Gasteiger charge is -2.28. The van der Waals surface area contributed by atoms with Crippen LogP contribution in [0, 0.1) is 0 Å². The Hall–Kier alpha value is -1.32. The topological polar surface area (TPSA) is 27.3 Å². The quantitative estimate of drug-likeness (QED) is 0.637. The van der Waals surface area contributed by atoms with Gasteiger partial charge in [-0.15, -0.1) is 0 Å². The van der Waals surface area contributed by atoms with Crippen molar-refractivity contribution in [2.24, 2.45) is 0 Å². The molecule has 2 N–H and O–H groups in total. The lowest BCUT2D eigenvalue weighted by molar-refractivity contribution is -0.156. The second-order valence-electron chi connectivity index (χ2n) is 5.44. The zero-order chi connectivity index (χ0) is 17.1. The Morgan fingerprint density at radius 2 is 1.83 bits per heavy atom. The smallest absolute Gasteiger partial charge is 0.315 e. The van der Waals surface area contributed by atoms with Crippen LogP contribution in [-0.4, -0.2) is 36.9 Å². The largest absolute Gasteiger partial charge is 0.416 e. The van der Waals surface area contributed by atoms with Gasteiger partial charge in [0, 0.05) is 19.1 Å². The SMILES string of the molecule is FC(F)(F)CN(Cc1ccccc1C(F)(F)F)N[C@H]1CCNC1. The summed E-state index contributed by atoms with van der Waals surface area (Å²) in [7, 11) is 0. The Bertz CT molecular complexity index is 508. The number of halogens is 6. The predicted molar refractivity (Wildman–Crippen MR) is 72.3 cm³/mol. The highest BCUT2D eigenvalue weighted by Gasteiger charge is 2.36. The number of benzene rings is 1. The van der Waals surface area contributed by atoms with E-state index in [9.17, 15) is 26.3 Å². The second-order valence-corrected chi connectivity index (χ2v) is 5.44. The van der Waals surface area contributed by atoms with Gasteiger partial charge in [0.25, 0.3) is 0 Å². The van der Waals surface area contributed by atoms with Gasteiger partial charge in [-0.05, 0) is 24.6 Å². The Labute approximate surface area is 129 Å². The highest BCUT2D eigenvalue weighted by atomic mass is 19.4. The van der Waals surface area contributed by atoms with Crippen molar-refractivity contribution in [3.05, 3.63) is 35.4 Å². The Morgan fingerprint density at radius 3 is 2.39 bits per heavy atom. The van der Waals surface area contributed by atoms with Crippen LogP contribution in [0.2, 0.25) is 0 Å². The molecule has 23 heavy (non-hydrogen) atoms. The van der Waals surface area contributed by atoms with Gasteiger partial charge in [0.15, 0.2) is 0 Å². The summed E-state index contributed by atoms with van der Waals surface area (Å²) in [5.74, 6) is 0. The fourth-order valence-corrected chi connectivity index (χ4v) is 2.53. The van der Waals surface area contributed by atoms with Crippen molar-refractivity contribution >= 4 is 0 Å². The number of nitrogens with one attached hydrogen (secondary N) is 2. The average molecular weight is 341 g/mol. The predicted octanol–water partition coefficient (Wildman–Crippen LogP) is 2.94. The molecule has 1 aromatic rings. The molecule has 1 heterocycles. The number of nitrogens with zero attached hydrogens (tertiary/aromatic N) is 1. The monoisotopic (exact) mass is 341 g/mol. The van der Waals surface area contributed by atoms with E-state index in [2.05, 4.69) is 10.7 Å². The summed E-state index contributed by atoms with van der Waals surface area (Å²) >= 11 is 0. The van der Waals surface area contributed by atoms with Gasteiger partial charge in [0.2, 0.25) is 0 Å². The van der Waals surface area contributed by atoms with Crippen LogP contribution in [0.5, 0.6) is 0 Å². The Morgan fingerprint density at radius 1 is 1.13 bits per heavy atom. The van der Waals surface area contributed by atoms with Crippen molar-refractivity contribution in [2.75, 3.05) is 19.6 Å². The average Bonchev–Trinajstić information content (AvgIpc) is 2.89. The van der Waals surface area contributed by atoms with Gasteiger partial charge in [0.05, 0.1) is 5.56 Å². The molecule has 0 bridgehead atoms. The fourth-order valence-electron chi connectivity index (χ4n) is 2.53. The molecule has 0 unspecified atom stereocenters. The van der Waals surface area contributed by atoms with E-state index in [1.165, 1.54) is 18.2 Å². The highest BCUT2D eigenvalue weighted by Crippen LogP contribution is 2.32. The van der Waals surface area contributed by atoms with Gasteiger partial charge in [0.1, 0.15) is 6.54 Å². The van der Waals surface area contributed by atoms with E-state index in [-0.39, 0.29) is 11.6 Å². The van der Waals surface area contributed by atoms with E-state index in [0.717, 1.165) is 11.1 Å². The van der Waals surface area contributed by atoms with E-state index < -0.39 is 31.0 Å². The molecule has 0 amide bonds. The number of hydrogen-bond donors (Lipinski definition) is 2. The molecule has 1 fully saturated rings. The third-order valence-electron chi connectivity index (χ3n) is 3.48. The third kappa shape index (κ3) is 5.67. The summed E-state index contributed by atoms with van der Waals surface area (Å²) in [5.41, 5.74) is 1.57. The molecule has 3 nitrogen and oxygen atoms in total. The molecule has 0 saturated carbocycles. The summed E-state index contributed by atoms with van der Waals surface area (Å²) in [6.07, 6.45) is -8.49. The molecule has 130 valence electrons. The summed E-state index contributed by atoms with van der Waals surface area (Å²) in [6.45, 7) is -0.659. The van der Waals surface area contributed by atoms with Crippen molar-refractivity contribution in [3.63, 3.8) is 0 Å². The van der Waals surface area contributed by atoms with Crippen LogP contribution in [0.25, 0.3) is 0 Å². The highest BCUT2D eigenvalue weighted by molar-refractivity contribution is 5.29. The molecule has 1 atom stereocenters. The van der Waals surface area contributed by atoms with Gasteiger partial charge in [-0.2, -0.15) is 26.3 Å². The minimum absolute atomic E-state index is 0.192. The number of hydrogen-bond acceptors (Lipinski definition) is 3. The molecule has 1 aliphatic rings. The summed E-state index contributed by atoms with van der Waals surface area (Å²) < 4.78 is 77.0. The first-order valence-corrected chi connectivity index (χ1v) is 7.09. The van der Waals surface area contributed by atoms with Crippen molar-refractivity contribution in [3.8, 4) is 0 Å². The first-order chi connectivity index (χ1) is 10.6. The van der Waals surface area contributed by atoms with Crippen LogP contribution in [0.15, 0.2) is 24.3 Å². The third-order valence-corrected chi connectivity index (χ3v) is 3.48.